The Morgan fingerprint density at radius 2 is 1.68 bits per heavy atom. The molecule has 4 aromatic carbocycles. The van der Waals surface area contributed by atoms with Gasteiger partial charge in [-0.1, -0.05) is 48.5 Å². The molecule has 1 aliphatic carbocycles. The third-order valence-electron chi connectivity index (χ3n) is 6.36. The Labute approximate surface area is 216 Å². The summed E-state index contributed by atoms with van der Waals surface area (Å²) in [7, 11) is -4.02. The van der Waals surface area contributed by atoms with Crippen LogP contribution in [0, 0.1) is 0 Å². The number of carbonyl (C=O) groups is 1. The number of anilines is 1. The highest BCUT2D eigenvalue weighted by atomic mass is 32.2. The average molecular weight is 514 g/mol. The summed E-state index contributed by atoms with van der Waals surface area (Å²) in [5.74, 6) is 0.0170. The van der Waals surface area contributed by atoms with Gasteiger partial charge in [0.1, 0.15) is 12.3 Å². The minimum atomic E-state index is -4.02. The molecular formula is C29H27N3O4S. The van der Waals surface area contributed by atoms with Crippen molar-refractivity contribution in [2.24, 2.45) is 5.10 Å². The molecule has 0 unspecified atom stereocenters. The topological polar surface area (TPSA) is 88.1 Å². The van der Waals surface area contributed by atoms with Gasteiger partial charge >= 0.3 is 0 Å². The lowest BCUT2D eigenvalue weighted by Gasteiger charge is -2.23. The Morgan fingerprint density at radius 3 is 2.41 bits per heavy atom. The van der Waals surface area contributed by atoms with Crippen LogP contribution in [0.3, 0.4) is 0 Å². The van der Waals surface area contributed by atoms with Crippen LogP contribution in [0.15, 0.2) is 94.9 Å². The maximum absolute atomic E-state index is 13.5. The number of nitrogens with one attached hydrogen (secondary N) is 1. The molecule has 0 saturated heterocycles. The van der Waals surface area contributed by atoms with Gasteiger partial charge in [-0.05, 0) is 78.1 Å². The van der Waals surface area contributed by atoms with Gasteiger partial charge in [-0.3, -0.25) is 9.10 Å². The first-order valence-corrected chi connectivity index (χ1v) is 13.6. The molecule has 0 aliphatic heterocycles. The van der Waals surface area contributed by atoms with Crippen LogP contribution in [0.2, 0.25) is 0 Å². The molecule has 1 amide bonds. The number of hydrazone groups is 1. The van der Waals surface area contributed by atoms with E-state index in [4.69, 9.17) is 4.74 Å². The summed E-state index contributed by atoms with van der Waals surface area (Å²) in [4.78, 5) is 12.9. The fraction of sp³-hybridized carbons (Fsp3) is 0.172. The van der Waals surface area contributed by atoms with Crippen molar-refractivity contribution in [3.8, 4) is 5.75 Å². The number of hydrogen-bond donors (Lipinski definition) is 1. The second-order valence-electron chi connectivity index (χ2n) is 8.70. The molecule has 1 N–H and O–H groups in total. The lowest BCUT2D eigenvalue weighted by atomic mass is 10.0. The number of ether oxygens (including phenoxy) is 1. The van der Waals surface area contributed by atoms with Gasteiger partial charge < -0.3 is 4.74 Å². The van der Waals surface area contributed by atoms with Crippen molar-refractivity contribution in [3.05, 3.63) is 102 Å². The summed E-state index contributed by atoms with van der Waals surface area (Å²) in [6.45, 7) is 1.90. The van der Waals surface area contributed by atoms with E-state index in [1.165, 1.54) is 28.6 Å². The maximum Gasteiger partial charge on any atom is 0.264 e. The van der Waals surface area contributed by atoms with Crippen LogP contribution in [-0.2, 0) is 27.7 Å². The number of amides is 1. The van der Waals surface area contributed by atoms with E-state index in [2.05, 4.69) is 28.7 Å². The second-order valence-corrected chi connectivity index (χ2v) is 10.6. The predicted octanol–water partition coefficient (Wildman–Crippen LogP) is 4.68. The number of carbonyl (C=O) groups excluding carboxylic acids is 1. The van der Waals surface area contributed by atoms with Crippen molar-refractivity contribution in [2.45, 2.75) is 24.7 Å². The molecule has 0 radical (unpaired) electrons. The standard InChI is InChI=1S/C29H27N3O4S/c1-2-36-25-15-17-26(18-16-25)37(34,35)32(24-8-4-3-5-9-24)20-28(33)31-30-19-23-14-13-22-12-11-21-7-6-10-27(23)29(21)22/h3-10,13-19H,2,11-12,20H2,1H3,(H,31,33)/b30-19-. The zero-order valence-corrected chi connectivity index (χ0v) is 21.2. The van der Waals surface area contributed by atoms with Gasteiger partial charge in [0.05, 0.1) is 23.4 Å². The Hall–Kier alpha value is -4.17. The van der Waals surface area contributed by atoms with Crippen LogP contribution < -0.4 is 14.5 Å². The first-order chi connectivity index (χ1) is 18.0. The molecule has 1 aliphatic rings. The van der Waals surface area contributed by atoms with Crippen molar-refractivity contribution >= 4 is 38.6 Å². The van der Waals surface area contributed by atoms with Crippen LogP contribution in [0.5, 0.6) is 5.75 Å². The van der Waals surface area contributed by atoms with Gasteiger partial charge in [-0.25, -0.2) is 13.8 Å². The zero-order chi connectivity index (χ0) is 25.8. The summed E-state index contributed by atoms with van der Waals surface area (Å²) in [5.41, 5.74) is 6.41. The Kier molecular flexibility index (Phi) is 6.92. The van der Waals surface area contributed by atoms with Crippen LogP contribution in [0.25, 0.3) is 10.8 Å². The van der Waals surface area contributed by atoms with Crippen LogP contribution >= 0.6 is 0 Å². The number of sulfonamides is 1. The van der Waals surface area contributed by atoms with E-state index in [1.807, 2.05) is 19.1 Å². The third kappa shape index (κ3) is 5.06. The van der Waals surface area contributed by atoms with Crippen molar-refractivity contribution in [2.75, 3.05) is 17.5 Å². The molecule has 0 saturated carbocycles. The number of nitrogens with zero attached hydrogens (tertiary/aromatic N) is 2. The quantitative estimate of drug-likeness (QED) is 0.260. The van der Waals surface area contributed by atoms with E-state index in [0.29, 0.717) is 18.0 Å². The van der Waals surface area contributed by atoms with E-state index >= 15 is 0 Å². The van der Waals surface area contributed by atoms with E-state index in [9.17, 15) is 13.2 Å². The van der Waals surface area contributed by atoms with Gasteiger partial charge in [0.25, 0.3) is 15.9 Å². The molecule has 188 valence electrons. The molecule has 0 fully saturated rings. The molecule has 0 atom stereocenters. The SMILES string of the molecule is CCOc1ccc(S(=O)(=O)N(CC(=O)N/N=C\c2ccc3c4c(cccc24)CC3)c2ccccc2)cc1. The number of para-hydroxylation sites is 1. The first-order valence-electron chi connectivity index (χ1n) is 12.1. The van der Waals surface area contributed by atoms with Crippen LogP contribution in [0.4, 0.5) is 5.69 Å². The molecule has 0 bridgehead atoms. The highest BCUT2D eigenvalue weighted by Crippen LogP contribution is 2.32. The predicted molar refractivity (Wildman–Crippen MR) is 146 cm³/mol. The summed E-state index contributed by atoms with van der Waals surface area (Å²) in [6.07, 6.45) is 3.66. The minimum absolute atomic E-state index is 0.0593. The maximum atomic E-state index is 13.5. The minimum Gasteiger partial charge on any atom is -0.494 e. The van der Waals surface area contributed by atoms with Gasteiger partial charge in [0.2, 0.25) is 0 Å². The number of benzene rings is 4. The summed E-state index contributed by atoms with van der Waals surface area (Å²) in [6, 6.07) is 25.0. The highest BCUT2D eigenvalue weighted by Gasteiger charge is 2.27. The Balaban J connectivity index is 1.36. The van der Waals surface area contributed by atoms with Crippen LogP contribution in [0.1, 0.15) is 23.6 Å². The van der Waals surface area contributed by atoms with Gasteiger partial charge in [-0.2, -0.15) is 5.10 Å². The molecule has 0 heterocycles. The van der Waals surface area contributed by atoms with E-state index in [0.717, 1.165) is 28.1 Å². The summed E-state index contributed by atoms with van der Waals surface area (Å²) in [5, 5.41) is 6.49. The summed E-state index contributed by atoms with van der Waals surface area (Å²) < 4.78 is 33.5. The highest BCUT2D eigenvalue weighted by molar-refractivity contribution is 7.92. The Morgan fingerprint density at radius 1 is 0.946 bits per heavy atom. The normalized spacial score (nSPS) is 12.7. The monoisotopic (exact) mass is 513 g/mol. The lowest BCUT2D eigenvalue weighted by Crippen LogP contribution is -2.39. The van der Waals surface area contributed by atoms with Crippen molar-refractivity contribution in [1.82, 2.24) is 5.43 Å². The summed E-state index contributed by atoms with van der Waals surface area (Å²) >= 11 is 0. The van der Waals surface area contributed by atoms with Gasteiger partial charge in [-0.15, -0.1) is 0 Å². The molecule has 0 spiro atoms. The van der Waals surface area contributed by atoms with Crippen molar-refractivity contribution in [1.29, 1.82) is 0 Å². The fourth-order valence-electron chi connectivity index (χ4n) is 4.63. The van der Waals surface area contributed by atoms with E-state index in [1.54, 1.807) is 48.7 Å². The third-order valence-corrected chi connectivity index (χ3v) is 8.15. The molecule has 8 heteroatoms. The number of hydrogen-bond acceptors (Lipinski definition) is 5. The Bertz CT molecular complexity index is 1560. The van der Waals surface area contributed by atoms with Crippen LogP contribution in [-0.4, -0.2) is 33.7 Å². The molecule has 37 heavy (non-hydrogen) atoms. The zero-order valence-electron chi connectivity index (χ0n) is 20.4. The van der Waals surface area contributed by atoms with Crippen molar-refractivity contribution in [3.63, 3.8) is 0 Å². The molecule has 5 rings (SSSR count). The van der Waals surface area contributed by atoms with E-state index in [-0.39, 0.29) is 4.90 Å². The largest absolute Gasteiger partial charge is 0.494 e. The smallest absolute Gasteiger partial charge is 0.264 e. The van der Waals surface area contributed by atoms with Crippen molar-refractivity contribution < 1.29 is 17.9 Å². The van der Waals surface area contributed by atoms with Gasteiger partial charge in [0.15, 0.2) is 0 Å². The average Bonchev–Trinajstić information content (AvgIpc) is 3.34. The molecule has 7 nitrogen and oxygen atoms in total. The van der Waals surface area contributed by atoms with E-state index < -0.39 is 22.5 Å². The van der Waals surface area contributed by atoms with Gasteiger partial charge in [0, 0.05) is 5.56 Å². The number of rotatable bonds is 9. The molecule has 0 aromatic heterocycles. The lowest BCUT2D eigenvalue weighted by molar-refractivity contribution is -0.119. The molecular weight excluding hydrogens is 486 g/mol. The number of aryl methyl sites for hydroxylation is 2. The molecule has 4 aromatic rings. The fourth-order valence-corrected chi connectivity index (χ4v) is 6.05. The second kappa shape index (κ2) is 10.4. The first kappa shape index (κ1) is 24.5.